The van der Waals surface area contributed by atoms with Crippen LogP contribution >= 0.6 is 23.2 Å². The summed E-state index contributed by atoms with van der Waals surface area (Å²) in [4.78, 5) is 25.8. The standard InChI is InChI=1S/C14H17Cl2N3O2/c1-18-13(20)8-2-4-19(5-3-8)14(21)10-6-9(17)7-11(15)12(10)16/h6-8H,2-5,17H2,1H3,(H,18,20). The Morgan fingerprint density at radius 1 is 1.29 bits per heavy atom. The van der Waals surface area contributed by atoms with Gasteiger partial charge in [0.1, 0.15) is 0 Å². The monoisotopic (exact) mass is 329 g/mol. The number of nitrogens with zero attached hydrogens (tertiary/aromatic N) is 1. The molecule has 1 saturated heterocycles. The molecule has 3 N–H and O–H groups in total. The van der Waals surface area contributed by atoms with Crippen LogP contribution in [-0.2, 0) is 4.79 Å². The first-order valence-corrected chi connectivity index (χ1v) is 7.45. The van der Waals surface area contributed by atoms with E-state index in [1.165, 1.54) is 12.1 Å². The Morgan fingerprint density at radius 2 is 1.90 bits per heavy atom. The van der Waals surface area contributed by atoms with E-state index >= 15 is 0 Å². The van der Waals surface area contributed by atoms with Crippen LogP contribution in [0, 0.1) is 5.92 Å². The summed E-state index contributed by atoms with van der Waals surface area (Å²) in [7, 11) is 1.62. The van der Waals surface area contributed by atoms with Gasteiger partial charge in [-0.25, -0.2) is 0 Å². The second kappa shape index (κ2) is 6.54. The van der Waals surface area contributed by atoms with Gasteiger partial charge >= 0.3 is 0 Å². The Kier molecular flexibility index (Phi) is 4.96. The summed E-state index contributed by atoms with van der Waals surface area (Å²) in [5.41, 5.74) is 6.41. The first kappa shape index (κ1) is 15.9. The lowest BCUT2D eigenvalue weighted by atomic mass is 9.95. The molecule has 2 rings (SSSR count). The van der Waals surface area contributed by atoms with Crippen molar-refractivity contribution in [3.05, 3.63) is 27.7 Å². The Morgan fingerprint density at radius 3 is 2.48 bits per heavy atom. The summed E-state index contributed by atoms with van der Waals surface area (Å²) < 4.78 is 0. The highest BCUT2D eigenvalue weighted by molar-refractivity contribution is 6.44. The summed E-state index contributed by atoms with van der Waals surface area (Å²) in [6, 6.07) is 3.04. The second-order valence-corrected chi connectivity index (χ2v) is 5.83. The van der Waals surface area contributed by atoms with Crippen molar-refractivity contribution < 1.29 is 9.59 Å². The normalized spacial score (nSPS) is 15.9. The van der Waals surface area contributed by atoms with E-state index < -0.39 is 0 Å². The number of nitrogens with two attached hydrogens (primary N) is 1. The Bertz CT molecular complexity index is 570. The summed E-state index contributed by atoms with van der Waals surface area (Å²) in [6.45, 7) is 1.03. The number of hydrogen-bond donors (Lipinski definition) is 2. The highest BCUT2D eigenvalue weighted by Gasteiger charge is 2.28. The number of carbonyl (C=O) groups excluding carboxylic acids is 2. The molecule has 21 heavy (non-hydrogen) atoms. The number of hydrogen-bond acceptors (Lipinski definition) is 3. The first-order valence-electron chi connectivity index (χ1n) is 6.69. The molecule has 0 bridgehead atoms. The van der Waals surface area contributed by atoms with Crippen molar-refractivity contribution in [3.8, 4) is 0 Å². The number of carbonyl (C=O) groups is 2. The summed E-state index contributed by atoms with van der Waals surface area (Å²) >= 11 is 12.0. The van der Waals surface area contributed by atoms with Gasteiger partial charge in [-0.05, 0) is 25.0 Å². The van der Waals surface area contributed by atoms with E-state index in [-0.39, 0.29) is 27.8 Å². The number of benzene rings is 1. The summed E-state index contributed by atoms with van der Waals surface area (Å²) in [5, 5.41) is 3.11. The van der Waals surface area contributed by atoms with Gasteiger partial charge in [0.2, 0.25) is 5.91 Å². The van der Waals surface area contributed by atoms with Crippen molar-refractivity contribution in [1.82, 2.24) is 10.2 Å². The van der Waals surface area contributed by atoms with E-state index in [4.69, 9.17) is 28.9 Å². The van der Waals surface area contributed by atoms with Gasteiger partial charge in [-0.1, -0.05) is 23.2 Å². The minimum Gasteiger partial charge on any atom is -0.399 e. The largest absolute Gasteiger partial charge is 0.399 e. The number of amides is 2. The van der Waals surface area contributed by atoms with Gasteiger partial charge in [-0.3, -0.25) is 9.59 Å². The molecule has 1 aliphatic rings. The number of halogens is 2. The number of anilines is 1. The molecule has 1 aliphatic heterocycles. The molecule has 1 aromatic carbocycles. The molecule has 0 saturated carbocycles. The maximum Gasteiger partial charge on any atom is 0.255 e. The maximum absolute atomic E-state index is 12.5. The molecule has 5 nitrogen and oxygen atoms in total. The molecule has 0 radical (unpaired) electrons. The molecule has 114 valence electrons. The second-order valence-electron chi connectivity index (χ2n) is 5.04. The zero-order valence-corrected chi connectivity index (χ0v) is 13.2. The molecule has 1 aromatic rings. The zero-order valence-electron chi connectivity index (χ0n) is 11.7. The van der Waals surface area contributed by atoms with Crippen LogP contribution in [0.25, 0.3) is 0 Å². The minimum atomic E-state index is -0.204. The fraction of sp³-hybridized carbons (Fsp3) is 0.429. The molecule has 1 fully saturated rings. The Labute approximate surface area is 133 Å². The molecule has 0 aliphatic carbocycles. The van der Waals surface area contributed by atoms with E-state index in [0.29, 0.717) is 37.2 Å². The topological polar surface area (TPSA) is 75.4 Å². The van der Waals surface area contributed by atoms with Gasteiger partial charge in [0, 0.05) is 31.7 Å². The quantitative estimate of drug-likeness (QED) is 0.816. The third-order valence-corrected chi connectivity index (χ3v) is 4.48. The third-order valence-electron chi connectivity index (χ3n) is 3.68. The van der Waals surface area contributed by atoms with E-state index in [0.717, 1.165) is 0 Å². The first-order chi connectivity index (χ1) is 9.93. The van der Waals surface area contributed by atoms with Gasteiger partial charge in [0.25, 0.3) is 5.91 Å². The van der Waals surface area contributed by atoms with Crippen molar-refractivity contribution in [2.45, 2.75) is 12.8 Å². The highest BCUT2D eigenvalue weighted by Crippen LogP contribution is 2.30. The van der Waals surface area contributed by atoms with E-state index in [1.54, 1.807) is 11.9 Å². The fourth-order valence-corrected chi connectivity index (χ4v) is 2.90. The van der Waals surface area contributed by atoms with Crippen LogP contribution < -0.4 is 11.1 Å². The molecule has 1 heterocycles. The van der Waals surface area contributed by atoms with Crippen molar-refractivity contribution in [2.24, 2.45) is 5.92 Å². The van der Waals surface area contributed by atoms with E-state index in [1.807, 2.05) is 0 Å². The number of likely N-dealkylation sites (tertiary alicyclic amines) is 1. The predicted molar refractivity (Wildman–Crippen MR) is 83.6 cm³/mol. The Hall–Kier alpha value is -1.46. The van der Waals surface area contributed by atoms with Crippen molar-refractivity contribution in [2.75, 3.05) is 25.9 Å². The van der Waals surface area contributed by atoms with Crippen molar-refractivity contribution >= 4 is 40.7 Å². The van der Waals surface area contributed by atoms with Gasteiger partial charge in [-0.15, -0.1) is 0 Å². The van der Waals surface area contributed by atoms with Crippen molar-refractivity contribution in [3.63, 3.8) is 0 Å². The smallest absolute Gasteiger partial charge is 0.255 e. The van der Waals surface area contributed by atoms with Gasteiger partial charge in [0.15, 0.2) is 0 Å². The van der Waals surface area contributed by atoms with Crippen LogP contribution in [0.3, 0.4) is 0 Å². The summed E-state index contributed by atoms with van der Waals surface area (Å²) in [5.74, 6) is -0.226. The molecule has 0 spiro atoms. The molecular weight excluding hydrogens is 313 g/mol. The van der Waals surface area contributed by atoms with E-state index in [2.05, 4.69) is 5.32 Å². The van der Waals surface area contributed by atoms with E-state index in [9.17, 15) is 9.59 Å². The van der Waals surface area contributed by atoms with Crippen molar-refractivity contribution in [1.29, 1.82) is 0 Å². The zero-order chi connectivity index (χ0) is 15.6. The van der Waals surface area contributed by atoms with Crippen LogP contribution in [0.1, 0.15) is 23.2 Å². The van der Waals surface area contributed by atoms with Gasteiger partial charge < -0.3 is 16.0 Å². The van der Waals surface area contributed by atoms with Crippen LogP contribution in [0.15, 0.2) is 12.1 Å². The lowest BCUT2D eigenvalue weighted by Gasteiger charge is -2.31. The molecule has 7 heteroatoms. The van der Waals surface area contributed by atoms with Gasteiger partial charge in [-0.2, -0.15) is 0 Å². The number of nitrogens with one attached hydrogen (secondary N) is 1. The molecule has 2 amide bonds. The van der Waals surface area contributed by atoms with Crippen LogP contribution in [-0.4, -0.2) is 36.9 Å². The van der Waals surface area contributed by atoms with Gasteiger partial charge in [0.05, 0.1) is 15.6 Å². The fourth-order valence-electron chi connectivity index (χ4n) is 2.48. The lowest BCUT2D eigenvalue weighted by Crippen LogP contribution is -2.42. The number of rotatable bonds is 2. The van der Waals surface area contributed by atoms with Crippen LogP contribution in [0.5, 0.6) is 0 Å². The predicted octanol–water partition coefficient (Wildman–Crippen LogP) is 2.17. The minimum absolute atomic E-state index is 0.0205. The number of nitrogen functional groups attached to an aromatic ring is 1. The summed E-state index contributed by atoms with van der Waals surface area (Å²) in [6.07, 6.45) is 1.28. The Balaban J connectivity index is 2.11. The maximum atomic E-state index is 12.5. The molecule has 0 unspecified atom stereocenters. The SMILES string of the molecule is CNC(=O)C1CCN(C(=O)c2cc(N)cc(Cl)c2Cl)CC1. The van der Waals surface area contributed by atoms with Crippen LogP contribution in [0.4, 0.5) is 5.69 Å². The average molecular weight is 330 g/mol. The lowest BCUT2D eigenvalue weighted by molar-refractivity contribution is -0.125. The number of piperidine rings is 1. The van der Waals surface area contributed by atoms with Crippen LogP contribution in [0.2, 0.25) is 10.0 Å². The highest BCUT2D eigenvalue weighted by atomic mass is 35.5. The third kappa shape index (κ3) is 3.41. The molecular formula is C14H17Cl2N3O2. The molecule has 0 aromatic heterocycles. The average Bonchev–Trinajstić information content (AvgIpc) is 2.49. The molecule has 0 atom stereocenters.